The first-order valence-electron chi connectivity index (χ1n) is 5.65. The second-order valence-electron chi connectivity index (χ2n) is 4.07. The maximum Gasteiger partial charge on any atom is 0.305 e. The van der Waals surface area contributed by atoms with Crippen LogP contribution in [0.3, 0.4) is 0 Å². The number of hydrogen-bond donors (Lipinski definition) is 4. The number of amides is 2. The minimum Gasteiger partial charge on any atom is -0.481 e. The van der Waals surface area contributed by atoms with Gasteiger partial charge in [-0.3, -0.25) is 14.4 Å². The summed E-state index contributed by atoms with van der Waals surface area (Å²) in [4.78, 5) is 33.0. The van der Waals surface area contributed by atoms with E-state index in [2.05, 4.69) is 10.6 Å². The summed E-state index contributed by atoms with van der Waals surface area (Å²) in [6.45, 7) is 1.34. The van der Waals surface area contributed by atoms with Crippen LogP contribution in [0, 0.1) is 0 Å². The molecular weight excluding hydrogens is 286 g/mol. The first kappa shape index (κ1) is 15.9. The van der Waals surface area contributed by atoms with E-state index in [4.69, 9.17) is 22.4 Å². The summed E-state index contributed by atoms with van der Waals surface area (Å²) in [5, 5.41) is 13.7. The van der Waals surface area contributed by atoms with Crippen LogP contribution in [0.15, 0.2) is 18.2 Å². The Bertz CT molecular complexity index is 548. The molecule has 0 saturated heterocycles. The molecule has 108 valence electrons. The van der Waals surface area contributed by atoms with Gasteiger partial charge in [0.1, 0.15) is 0 Å². The fourth-order valence-corrected chi connectivity index (χ4v) is 1.63. The van der Waals surface area contributed by atoms with E-state index in [1.54, 1.807) is 0 Å². The molecular formula is C12H14ClN3O4. The molecule has 0 heterocycles. The minimum absolute atomic E-state index is 0.241. The smallest absolute Gasteiger partial charge is 0.305 e. The third-order valence-electron chi connectivity index (χ3n) is 2.28. The number of hydrogen-bond acceptors (Lipinski definition) is 4. The highest BCUT2D eigenvalue weighted by atomic mass is 35.5. The van der Waals surface area contributed by atoms with Crippen molar-refractivity contribution in [2.24, 2.45) is 5.73 Å². The van der Waals surface area contributed by atoms with Gasteiger partial charge in [0.2, 0.25) is 11.8 Å². The molecule has 1 aromatic carbocycles. The summed E-state index contributed by atoms with van der Waals surface area (Å²) in [6.07, 6.45) is -0.469. The Morgan fingerprint density at radius 1 is 1.35 bits per heavy atom. The van der Waals surface area contributed by atoms with Crippen LogP contribution in [0.1, 0.15) is 13.3 Å². The fourth-order valence-electron chi connectivity index (χ4n) is 1.40. The van der Waals surface area contributed by atoms with Crippen LogP contribution in [0.25, 0.3) is 0 Å². The molecule has 0 fully saturated rings. The van der Waals surface area contributed by atoms with Crippen LogP contribution in [-0.4, -0.2) is 28.9 Å². The van der Waals surface area contributed by atoms with Crippen molar-refractivity contribution in [2.75, 3.05) is 10.6 Å². The van der Waals surface area contributed by atoms with E-state index in [-0.39, 0.29) is 10.9 Å². The summed E-state index contributed by atoms with van der Waals surface area (Å²) in [7, 11) is 0. The van der Waals surface area contributed by atoms with Gasteiger partial charge in [-0.2, -0.15) is 0 Å². The van der Waals surface area contributed by atoms with Crippen molar-refractivity contribution in [1.29, 1.82) is 0 Å². The lowest BCUT2D eigenvalue weighted by molar-refractivity contribution is -0.138. The third kappa shape index (κ3) is 4.87. The van der Waals surface area contributed by atoms with Crippen LogP contribution < -0.4 is 16.4 Å². The van der Waals surface area contributed by atoms with Crippen molar-refractivity contribution >= 4 is 40.8 Å². The van der Waals surface area contributed by atoms with E-state index in [0.717, 1.165) is 0 Å². The Morgan fingerprint density at radius 2 is 2.00 bits per heavy atom. The third-order valence-corrected chi connectivity index (χ3v) is 2.59. The lowest BCUT2D eigenvalue weighted by Gasteiger charge is -2.12. The summed E-state index contributed by atoms with van der Waals surface area (Å²) < 4.78 is 0. The lowest BCUT2D eigenvalue weighted by atomic mass is 10.2. The number of carbonyl (C=O) groups excluding carboxylic acids is 2. The van der Waals surface area contributed by atoms with Gasteiger partial charge in [0.15, 0.2) is 0 Å². The number of nitrogens with two attached hydrogens (primary N) is 1. The standard InChI is InChI=1S/C12H14ClN3O4/c1-6(17)15-10-3-2-7(4-8(10)13)16-12(20)9(14)5-11(18)19/h2-4,9H,5,14H2,1H3,(H,15,17)(H,16,20)(H,18,19). The maximum absolute atomic E-state index is 11.6. The normalized spacial score (nSPS) is 11.6. The molecule has 8 heteroatoms. The van der Waals surface area contributed by atoms with Gasteiger partial charge in [0.05, 0.1) is 23.2 Å². The lowest BCUT2D eigenvalue weighted by Crippen LogP contribution is -2.37. The minimum atomic E-state index is -1.16. The van der Waals surface area contributed by atoms with Crippen LogP contribution in [-0.2, 0) is 14.4 Å². The number of carboxylic acid groups (broad SMARTS) is 1. The summed E-state index contributed by atoms with van der Waals surface area (Å²) in [5.74, 6) is -2.06. The molecule has 1 atom stereocenters. The van der Waals surface area contributed by atoms with Gasteiger partial charge >= 0.3 is 5.97 Å². The number of carbonyl (C=O) groups is 3. The number of carboxylic acids is 1. The predicted octanol–water partition coefficient (Wildman–Crippen LogP) is 1.04. The van der Waals surface area contributed by atoms with Crippen LogP contribution in [0.5, 0.6) is 0 Å². The Labute approximate surface area is 120 Å². The first-order chi connectivity index (χ1) is 9.29. The molecule has 1 unspecified atom stereocenters. The van der Waals surface area contributed by atoms with E-state index >= 15 is 0 Å². The summed E-state index contributed by atoms with van der Waals surface area (Å²) in [6, 6.07) is 3.31. The van der Waals surface area contributed by atoms with Gasteiger partial charge in [0, 0.05) is 12.6 Å². The molecule has 5 N–H and O–H groups in total. The molecule has 0 aromatic heterocycles. The van der Waals surface area contributed by atoms with Crippen molar-refractivity contribution in [3.63, 3.8) is 0 Å². The Balaban J connectivity index is 2.74. The highest BCUT2D eigenvalue weighted by Gasteiger charge is 2.17. The molecule has 2 amide bonds. The Morgan fingerprint density at radius 3 is 2.50 bits per heavy atom. The molecule has 1 aromatic rings. The van der Waals surface area contributed by atoms with Crippen molar-refractivity contribution in [3.8, 4) is 0 Å². The molecule has 0 spiro atoms. The van der Waals surface area contributed by atoms with Crippen LogP contribution in [0.4, 0.5) is 11.4 Å². The topological polar surface area (TPSA) is 122 Å². The molecule has 0 aliphatic carbocycles. The quantitative estimate of drug-likeness (QED) is 0.647. The van der Waals surface area contributed by atoms with E-state index < -0.39 is 24.3 Å². The number of rotatable bonds is 5. The molecule has 0 saturated carbocycles. The highest BCUT2D eigenvalue weighted by Crippen LogP contribution is 2.25. The molecule has 0 aliphatic heterocycles. The second kappa shape index (κ2) is 6.88. The van der Waals surface area contributed by atoms with E-state index in [0.29, 0.717) is 11.4 Å². The zero-order valence-electron chi connectivity index (χ0n) is 10.6. The van der Waals surface area contributed by atoms with Crippen molar-refractivity contribution in [1.82, 2.24) is 0 Å². The summed E-state index contributed by atoms with van der Waals surface area (Å²) >= 11 is 5.93. The SMILES string of the molecule is CC(=O)Nc1ccc(NC(=O)C(N)CC(=O)O)cc1Cl. The number of halogens is 1. The summed E-state index contributed by atoms with van der Waals surface area (Å²) in [5.41, 5.74) is 6.18. The number of benzene rings is 1. The van der Waals surface area contributed by atoms with E-state index in [1.807, 2.05) is 0 Å². The molecule has 20 heavy (non-hydrogen) atoms. The van der Waals surface area contributed by atoms with E-state index in [1.165, 1.54) is 25.1 Å². The van der Waals surface area contributed by atoms with Crippen LogP contribution >= 0.6 is 11.6 Å². The number of aliphatic carboxylic acids is 1. The second-order valence-corrected chi connectivity index (χ2v) is 4.48. The maximum atomic E-state index is 11.6. The van der Waals surface area contributed by atoms with Gasteiger partial charge in [-0.25, -0.2) is 0 Å². The molecule has 0 bridgehead atoms. The Kier molecular flexibility index (Phi) is 5.48. The monoisotopic (exact) mass is 299 g/mol. The van der Waals surface area contributed by atoms with Gasteiger partial charge in [-0.15, -0.1) is 0 Å². The van der Waals surface area contributed by atoms with Gasteiger partial charge < -0.3 is 21.5 Å². The van der Waals surface area contributed by atoms with Gasteiger partial charge in [-0.1, -0.05) is 11.6 Å². The van der Waals surface area contributed by atoms with Gasteiger partial charge in [0.25, 0.3) is 0 Å². The zero-order chi connectivity index (χ0) is 15.3. The average molecular weight is 300 g/mol. The first-order valence-corrected chi connectivity index (χ1v) is 6.02. The molecule has 7 nitrogen and oxygen atoms in total. The van der Waals surface area contributed by atoms with Gasteiger partial charge in [-0.05, 0) is 18.2 Å². The molecule has 1 rings (SSSR count). The average Bonchev–Trinajstić information content (AvgIpc) is 2.31. The zero-order valence-corrected chi connectivity index (χ0v) is 11.4. The van der Waals surface area contributed by atoms with Crippen molar-refractivity contribution < 1.29 is 19.5 Å². The predicted molar refractivity (Wildman–Crippen MR) is 74.6 cm³/mol. The number of nitrogens with one attached hydrogen (secondary N) is 2. The van der Waals surface area contributed by atoms with Crippen LogP contribution in [0.2, 0.25) is 5.02 Å². The van der Waals surface area contributed by atoms with Crippen molar-refractivity contribution in [2.45, 2.75) is 19.4 Å². The Hall–Kier alpha value is -2.12. The fraction of sp³-hybridized carbons (Fsp3) is 0.250. The highest BCUT2D eigenvalue weighted by molar-refractivity contribution is 6.34. The molecule has 0 radical (unpaired) electrons. The largest absolute Gasteiger partial charge is 0.481 e. The number of anilines is 2. The van der Waals surface area contributed by atoms with Crippen molar-refractivity contribution in [3.05, 3.63) is 23.2 Å². The molecule has 0 aliphatic rings. The van der Waals surface area contributed by atoms with E-state index in [9.17, 15) is 14.4 Å².